The number of carbonyl (C=O) groups excluding carboxylic acids is 2. The number of nitrogens with one attached hydrogen (secondary N) is 1. The van der Waals surface area contributed by atoms with Gasteiger partial charge in [0, 0.05) is 25.2 Å². The molecule has 1 saturated heterocycles. The van der Waals surface area contributed by atoms with E-state index in [1.54, 1.807) is 24.3 Å². The fourth-order valence-electron chi connectivity index (χ4n) is 3.81. The van der Waals surface area contributed by atoms with Crippen molar-refractivity contribution in [2.24, 2.45) is 4.99 Å². The van der Waals surface area contributed by atoms with Gasteiger partial charge in [-0.05, 0) is 37.5 Å². The highest BCUT2D eigenvalue weighted by atomic mass is 19.1. The molecule has 0 radical (unpaired) electrons. The number of para-hydroxylation sites is 1. The van der Waals surface area contributed by atoms with Gasteiger partial charge in [-0.25, -0.2) is 4.39 Å². The molecule has 0 unspecified atom stereocenters. The molecule has 0 bridgehead atoms. The number of rotatable bonds is 7. The molecule has 2 aromatic rings. The van der Waals surface area contributed by atoms with Crippen LogP contribution in [0.4, 0.5) is 15.8 Å². The summed E-state index contributed by atoms with van der Waals surface area (Å²) in [4.78, 5) is 31.3. The molecule has 1 N–H and O–H groups in total. The Balaban J connectivity index is 1.38. The number of halogens is 1. The maximum atomic E-state index is 13.6. The van der Waals surface area contributed by atoms with E-state index in [-0.39, 0.29) is 36.6 Å². The zero-order chi connectivity index (χ0) is 21.8. The van der Waals surface area contributed by atoms with E-state index in [0.29, 0.717) is 29.2 Å². The van der Waals surface area contributed by atoms with Gasteiger partial charge in [0.2, 0.25) is 5.91 Å². The van der Waals surface area contributed by atoms with Crippen molar-refractivity contribution in [3.05, 3.63) is 47.8 Å². The summed E-state index contributed by atoms with van der Waals surface area (Å²) in [7, 11) is 1.51. The Kier molecular flexibility index (Phi) is 6.16. The molecule has 8 heteroatoms. The highest BCUT2D eigenvalue weighted by Crippen LogP contribution is 2.38. The number of amides is 2. The normalized spacial score (nSPS) is 17.0. The van der Waals surface area contributed by atoms with E-state index < -0.39 is 5.82 Å². The van der Waals surface area contributed by atoms with Gasteiger partial charge in [-0.2, -0.15) is 0 Å². The third-order valence-electron chi connectivity index (χ3n) is 5.41. The number of aliphatic imine (C=N–C) groups is 1. The number of benzene rings is 2. The van der Waals surface area contributed by atoms with Crippen LogP contribution in [0.1, 0.15) is 36.0 Å². The maximum Gasteiger partial charge on any atom is 0.256 e. The van der Waals surface area contributed by atoms with E-state index in [1.807, 2.05) is 11.1 Å². The van der Waals surface area contributed by atoms with Crippen molar-refractivity contribution in [3.8, 4) is 11.5 Å². The van der Waals surface area contributed by atoms with Crippen molar-refractivity contribution in [2.75, 3.05) is 25.6 Å². The van der Waals surface area contributed by atoms with Crippen molar-refractivity contribution in [1.29, 1.82) is 0 Å². The van der Waals surface area contributed by atoms with Crippen molar-refractivity contribution in [2.45, 2.75) is 31.7 Å². The second-order valence-electron chi connectivity index (χ2n) is 7.49. The smallest absolute Gasteiger partial charge is 0.256 e. The molecule has 4 rings (SSSR count). The molecule has 0 aliphatic carbocycles. The molecule has 1 atom stereocenters. The minimum absolute atomic E-state index is 0.0308. The Morgan fingerprint density at radius 3 is 2.94 bits per heavy atom. The van der Waals surface area contributed by atoms with Crippen LogP contribution in [0.15, 0.2) is 41.4 Å². The lowest BCUT2D eigenvalue weighted by Gasteiger charge is -2.20. The van der Waals surface area contributed by atoms with Gasteiger partial charge in [-0.3, -0.25) is 14.6 Å². The molecule has 0 saturated carbocycles. The van der Waals surface area contributed by atoms with Crippen LogP contribution in [0.3, 0.4) is 0 Å². The van der Waals surface area contributed by atoms with Gasteiger partial charge in [0.15, 0.2) is 11.5 Å². The Morgan fingerprint density at radius 1 is 1.29 bits per heavy atom. The van der Waals surface area contributed by atoms with Gasteiger partial charge in [0.25, 0.3) is 5.91 Å². The summed E-state index contributed by atoms with van der Waals surface area (Å²) < 4.78 is 24.8. The Hall–Kier alpha value is -3.42. The fraction of sp³-hybridized carbons (Fsp3) is 0.348. The fourth-order valence-corrected chi connectivity index (χ4v) is 3.81. The van der Waals surface area contributed by atoms with Crippen molar-refractivity contribution in [1.82, 2.24) is 4.90 Å². The number of hydrogen-bond acceptors (Lipinski definition) is 5. The minimum Gasteiger partial charge on any atom is -0.493 e. The molecule has 162 valence electrons. The van der Waals surface area contributed by atoms with Gasteiger partial charge in [0.05, 0.1) is 36.7 Å². The Bertz CT molecular complexity index is 1020. The first-order valence-electron chi connectivity index (χ1n) is 10.3. The van der Waals surface area contributed by atoms with Crippen molar-refractivity contribution >= 4 is 29.4 Å². The number of ether oxygens (including phenoxy) is 2. The molecule has 2 aliphatic heterocycles. The summed E-state index contributed by atoms with van der Waals surface area (Å²) in [6, 6.07) is 9.42. The SMILES string of the molecule is COc1cc2c(cc1OCCCC(=O)Nc1ccccc1F)N=C[C@@H]1CCCN1C2=O. The quantitative estimate of drug-likeness (QED) is 0.681. The molecule has 7 nitrogen and oxygen atoms in total. The maximum absolute atomic E-state index is 13.6. The van der Waals surface area contributed by atoms with E-state index >= 15 is 0 Å². The predicted octanol–water partition coefficient (Wildman–Crippen LogP) is 3.95. The molecule has 2 heterocycles. The highest BCUT2D eigenvalue weighted by molar-refractivity contribution is 6.03. The predicted molar refractivity (Wildman–Crippen MR) is 115 cm³/mol. The van der Waals surface area contributed by atoms with Crippen LogP contribution in [-0.2, 0) is 4.79 Å². The second-order valence-corrected chi connectivity index (χ2v) is 7.49. The lowest BCUT2D eigenvalue weighted by Crippen LogP contribution is -2.35. The number of nitrogens with zero attached hydrogens (tertiary/aromatic N) is 2. The van der Waals surface area contributed by atoms with E-state index in [2.05, 4.69) is 10.3 Å². The second kappa shape index (κ2) is 9.16. The van der Waals surface area contributed by atoms with Gasteiger partial charge < -0.3 is 19.7 Å². The first-order chi connectivity index (χ1) is 15.1. The van der Waals surface area contributed by atoms with Crippen LogP contribution in [0.25, 0.3) is 0 Å². The van der Waals surface area contributed by atoms with Crippen LogP contribution in [0.2, 0.25) is 0 Å². The number of fused-ring (bicyclic) bond motifs is 2. The molecule has 2 aromatic carbocycles. The molecule has 0 aromatic heterocycles. The third-order valence-corrected chi connectivity index (χ3v) is 5.41. The molecule has 2 aliphatic rings. The summed E-state index contributed by atoms with van der Waals surface area (Å²) in [5, 5.41) is 2.55. The number of carbonyl (C=O) groups is 2. The molecule has 0 spiro atoms. The minimum atomic E-state index is -0.475. The summed E-state index contributed by atoms with van der Waals surface area (Å²) in [6.45, 7) is 0.983. The monoisotopic (exact) mass is 425 g/mol. The summed E-state index contributed by atoms with van der Waals surface area (Å²) in [6.07, 6.45) is 4.31. The van der Waals surface area contributed by atoms with Gasteiger partial charge in [-0.1, -0.05) is 12.1 Å². The molecule has 2 amide bonds. The lowest BCUT2D eigenvalue weighted by atomic mass is 10.1. The standard InChI is InChI=1S/C23H24FN3O4/c1-30-20-12-16-19(25-14-15-6-4-10-27(15)23(16)29)13-21(20)31-11-5-9-22(28)26-18-8-3-2-7-17(18)24/h2-3,7-8,12-15H,4-6,9-11H2,1H3,(H,26,28)/t15-/m0/s1. The zero-order valence-corrected chi connectivity index (χ0v) is 17.3. The van der Waals surface area contributed by atoms with Crippen LogP contribution in [0, 0.1) is 5.82 Å². The van der Waals surface area contributed by atoms with E-state index in [0.717, 1.165) is 19.4 Å². The topological polar surface area (TPSA) is 80.2 Å². The van der Waals surface area contributed by atoms with Gasteiger partial charge >= 0.3 is 0 Å². The van der Waals surface area contributed by atoms with E-state index in [4.69, 9.17) is 9.47 Å². The number of methoxy groups -OCH3 is 1. The molecule has 31 heavy (non-hydrogen) atoms. The van der Waals surface area contributed by atoms with Crippen molar-refractivity contribution in [3.63, 3.8) is 0 Å². The number of anilines is 1. The van der Waals surface area contributed by atoms with Gasteiger partial charge in [-0.15, -0.1) is 0 Å². The Labute approximate surface area is 179 Å². The average Bonchev–Trinajstić information content (AvgIpc) is 3.20. The summed E-state index contributed by atoms with van der Waals surface area (Å²) in [5.74, 6) is 0.0824. The van der Waals surface area contributed by atoms with E-state index in [9.17, 15) is 14.0 Å². The summed E-state index contributed by atoms with van der Waals surface area (Å²) >= 11 is 0. The van der Waals surface area contributed by atoms with Crippen LogP contribution in [-0.4, -0.2) is 49.2 Å². The number of hydrogen-bond donors (Lipinski definition) is 1. The molecular weight excluding hydrogens is 401 g/mol. The Morgan fingerprint density at radius 2 is 2.13 bits per heavy atom. The first-order valence-corrected chi connectivity index (χ1v) is 10.3. The molecular formula is C23H24FN3O4. The lowest BCUT2D eigenvalue weighted by molar-refractivity contribution is -0.116. The first kappa shape index (κ1) is 20.8. The third kappa shape index (κ3) is 4.52. The highest BCUT2D eigenvalue weighted by Gasteiger charge is 2.32. The largest absolute Gasteiger partial charge is 0.493 e. The molecule has 1 fully saturated rings. The van der Waals surface area contributed by atoms with Crippen molar-refractivity contribution < 1.29 is 23.5 Å². The van der Waals surface area contributed by atoms with E-state index in [1.165, 1.54) is 19.2 Å². The van der Waals surface area contributed by atoms with Crippen LogP contribution in [0.5, 0.6) is 11.5 Å². The van der Waals surface area contributed by atoms with Crippen LogP contribution >= 0.6 is 0 Å². The average molecular weight is 425 g/mol. The summed E-state index contributed by atoms with van der Waals surface area (Å²) in [5.41, 5.74) is 1.20. The van der Waals surface area contributed by atoms with Crippen LogP contribution < -0.4 is 14.8 Å². The zero-order valence-electron chi connectivity index (χ0n) is 17.3. The van der Waals surface area contributed by atoms with Gasteiger partial charge in [0.1, 0.15) is 5.82 Å².